The molecule has 1 fully saturated rings. The quantitative estimate of drug-likeness (QED) is 0.790. The Morgan fingerprint density at radius 2 is 2.21 bits per heavy atom. The van der Waals surface area contributed by atoms with Crippen molar-refractivity contribution in [1.82, 2.24) is 0 Å². The fraction of sp³-hybridized carbons (Fsp3) is 0.533. The van der Waals surface area contributed by atoms with E-state index in [1.165, 1.54) is 4.90 Å². The molecule has 1 saturated heterocycles. The molecular weight excluding hydrogens is 258 g/mol. The fourth-order valence-electron chi connectivity index (χ4n) is 2.66. The molecule has 0 saturated carbocycles. The lowest BCUT2D eigenvalue weighted by Crippen LogP contribution is -2.39. The van der Waals surface area contributed by atoms with Crippen LogP contribution in [0.5, 0.6) is 0 Å². The summed E-state index contributed by atoms with van der Waals surface area (Å²) in [5, 5.41) is 0.545. The molecule has 0 aromatic heterocycles. The van der Waals surface area contributed by atoms with Gasteiger partial charge in [-0.15, -0.1) is 11.8 Å². The summed E-state index contributed by atoms with van der Waals surface area (Å²) in [5.74, 6) is 0.139. The van der Waals surface area contributed by atoms with Crippen LogP contribution in [-0.4, -0.2) is 30.4 Å². The minimum Gasteiger partial charge on any atom is -0.368 e. The molecule has 2 unspecified atom stereocenters. The predicted molar refractivity (Wildman–Crippen MR) is 77.7 cm³/mol. The number of fused-ring (bicyclic) bond motifs is 1. The summed E-state index contributed by atoms with van der Waals surface area (Å²) >= 11 is 1.86. The van der Waals surface area contributed by atoms with Crippen molar-refractivity contribution in [2.24, 2.45) is 0 Å². The number of ether oxygens (including phenoxy) is 1. The number of para-hydroxylation sites is 1. The molecule has 2 aliphatic heterocycles. The van der Waals surface area contributed by atoms with E-state index < -0.39 is 0 Å². The first-order valence-electron chi connectivity index (χ1n) is 6.94. The van der Waals surface area contributed by atoms with Gasteiger partial charge in [-0.3, -0.25) is 4.79 Å². The number of amides is 1. The van der Waals surface area contributed by atoms with Crippen molar-refractivity contribution in [1.29, 1.82) is 0 Å². The Morgan fingerprint density at radius 3 is 3.00 bits per heavy atom. The lowest BCUT2D eigenvalue weighted by molar-refractivity contribution is -0.127. The molecule has 0 bridgehead atoms. The highest BCUT2D eigenvalue weighted by atomic mass is 32.2. The van der Waals surface area contributed by atoms with E-state index in [2.05, 4.69) is 13.0 Å². The first kappa shape index (κ1) is 13.0. The molecule has 102 valence electrons. The Bertz CT molecular complexity index is 471. The minimum atomic E-state index is -0.230. The van der Waals surface area contributed by atoms with Crippen molar-refractivity contribution in [2.75, 3.05) is 18.1 Å². The van der Waals surface area contributed by atoms with Crippen molar-refractivity contribution < 1.29 is 9.53 Å². The SMILES string of the molecule is CC1CCN(C(=O)C2CCCO2)c2ccccc2S1. The number of hydrogen-bond acceptors (Lipinski definition) is 3. The van der Waals surface area contributed by atoms with Gasteiger partial charge in [-0.05, 0) is 31.4 Å². The molecule has 3 nitrogen and oxygen atoms in total. The standard InChI is InChI=1S/C15H19NO2S/c1-11-8-9-16(15(17)13-6-4-10-18-13)12-5-2-3-7-14(12)19-11/h2-3,5,7,11,13H,4,6,8-10H2,1H3. The summed E-state index contributed by atoms with van der Waals surface area (Å²) in [6.45, 7) is 3.74. The van der Waals surface area contributed by atoms with E-state index in [-0.39, 0.29) is 12.0 Å². The molecule has 2 atom stereocenters. The van der Waals surface area contributed by atoms with Gasteiger partial charge in [0.05, 0.1) is 5.69 Å². The van der Waals surface area contributed by atoms with Crippen LogP contribution < -0.4 is 4.90 Å². The van der Waals surface area contributed by atoms with Gasteiger partial charge in [0, 0.05) is 23.3 Å². The first-order chi connectivity index (χ1) is 9.25. The molecule has 19 heavy (non-hydrogen) atoms. The van der Waals surface area contributed by atoms with E-state index in [1.54, 1.807) is 0 Å². The second kappa shape index (κ2) is 5.55. The van der Waals surface area contributed by atoms with Crippen LogP contribution in [0.2, 0.25) is 0 Å². The smallest absolute Gasteiger partial charge is 0.256 e. The highest BCUT2D eigenvalue weighted by Gasteiger charge is 2.31. The molecule has 2 aliphatic rings. The van der Waals surface area contributed by atoms with Gasteiger partial charge >= 0.3 is 0 Å². The maximum atomic E-state index is 12.6. The number of rotatable bonds is 1. The van der Waals surface area contributed by atoms with Gasteiger partial charge < -0.3 is 9.64 Å². The van der Waals surface area contributed by atoms with Crippen molar-refractivity contribution in [2.45, 2.75) is 42.4 Å². The average Bonchev–Trinajstić information content (AvgIpc) is 2.89. The fourth-order valence-corrected chi connectivity index (χ4v) is 3.77. The molecular formula is C15H19NO2S. The van der Waals surface area contributed by atoms with Crippen molar-refractivity contribution in [3.63, 3.8) is 0 Å². The number of anilines is 1. The predicted octanol–water partition coefficient (Wildman–Crippen LogP) is 3.08. The second-order valence-corrected chi connectivity index (χ2v) is 6.66. The van der Waals surface area contributed by atoms with Crippen molar-refractivity contribution in [3.8, 4) is 0 Å². The summed E-state index contributed by atoms with van der Waals surface area (Å²) in [6.07, 6.45) is 2.65. The van der Waals surface area contributed by atoms with Gasteiger partial charge in [0.15, 0.2) is 0 Å². The minimum absolute atomic E-state index is 0.139. The van der Waals surface area contributed by atoms with Crippen molar-refractivity contribution >= 4 is 23.4 Å². The zero-order valence-corrected chi connectivity index (χ0v) is 12.0. The van der Waals surface area contributed by atoms with Crippen LogP contribution >= 0.6 is 11.8 Å². The summed E-state index contributed by atoms with van der Waals surface area (Å²) in [6, 6.07) is 8.20. The number of carbonyl (C=O) groups is 1. The molecule has 0 spiro atoms. The summed E-state index contributed by atoms with van der Waals surface area (Å²) in [5.41, 5.74) is 1.05. The first-order valence-corrected chi connectivity index (χ1v) is 7.82. The molecule has 4 heteroatoms. The average molecular weight is 277 g/mol. The Balaban J connectivity index is 1.90. The maximum Gasteiger partial charge on any atom is 0.256 e. The third kappa shape index (κ3) is 2.65. The highest BCUT2D eigenvalue weighted by Crippen LogP contribution is 2.37. The van der Waals surface area contributed by atoms with Crippen LogP contribution in [0.15, 0.2) is 29.2 Å². The van der Waals surface area contributed by atoms with Crippen LogP contribution in [0.25, 0.3) is 0 Å². The number of nitrogens with zero attached hydrogens (tertiary/aromatic N) is 1. The van der Waals surface area contributed by atoms with Gasteiger partial charge in [-0.1, -0.05) is 19.1 Å². The summed E-state index contributed by atoms with van der Waals surface area (Å²) in [7, 11) is 0. The van der Waals surface area contributed by atoms with Crippen molar-refractivity contribution in [3.05, 3.63) is 24.3 Å². The molecule has 0 radical (unpaired) electrons. The zero-order chi connectivity index (χ0) is 13.2. The van der Waals surface area contributed by atoms with E-state index in [0.717, 1.165) is 38.1 Å². The molecule has 1 aromatic carbocycles. The van der Waals surface area contributed by atoms with Crippen LogP contribution in [0.4, 0.5) is 5.69 Å². The number of carbonyl (C=O) groups excluding carboxylic acids is 1. The molecule has 3 rings (SSSR count). The summed E-state index contributed by atoms with van der Waals surface area (Å²) in [4.78, 5) is 15.8. The van der Waals surface area contributed by atoms with E-state index in [9.17, 15) is 4.79 Å². The Kier molecular flexibility index (Phi) is 3.80. The lowest BCUT2D eigenvalue weighted by atomic mass is 10.2. The van der Waals surface area contributed by atoms with E-state index in [4.69, 9.17) is 4.74 Å². The van der Waals surface area contributed by atoms with Crippen LogP contribution in [0.3, 0.4) is 0 Å². The van der Waals surface area contributed by atoms with Gasteiger partial charge in [0.1, 0.15) is 6.10 Å². The largest absolute Gasteiger partial charge is 0.368 e. The summed E-state index contributed by atoms with van der Waals surface area (Å²) < 4.78 is 5.55. The van der Waals surface area contributed by atoms with E-state index in [1.807, 2.05) is 34.9 Å². The number of thioether (sulfide) groups is 1. The number of hydrogen-bond donors (Lipinski definition) is 0. The van der Waals surface area contributed by atoms with Gasteiger partial charge in [0.2, 0.25) is 0 Å². The lowest BCUT2D eigenvalue weighted by Gasteiger charge is -2.25. The zero-order valence-electron chi connectivity index (χ0n) is 11.2. The highest BCUT2D eigenvalue weighted by molar-refractivity contribution is 8.00. The van der Waals surface area contributed by atoms with Crippen LogP contribution in [-0.2, 0) is 9.53 Å². The third-order valence-corrected chi connectivity index (χ3v) is 4.95. The Hall–Kier alpha value is -1.00. The van der Waals surface area contributed by atoms with Gasteiger partial charge in [0.25, 0.3) is 5.91 Å². The Labute approximate surface area is 118 Å². The normalized spacial score (nSPS) is 26.9. The monoisotopic (exact) mass is 277 g/mol. The van der Waals surface area contributed by atoms with E-state index in [0.29, 0.717) is 5.25 Å². The van der Waals surface area contributed by atoms with Crippen LogP contribution in [0.1, 0.15) is 26.2 Å². The molecule has 2 heterocycles. The van der Waals surface area contributed by atoms with E-state index >= 15 is 0 Å². The molecule has 1 aromatic rings. The van der Waals surface area contributed by atoms with Crippen LogP contribution in [0, 0.1) is 0 Å². The third-order valence-electron chi connectivity index (χ3n) is 3.71. The van der Waals surface area contributed by atoms with Gasteiger partial charge in [-0.25, -0.2) is 0 Å². The molecule has 1 amide bonds. The topological polar surface area (TPSA) is 29.5 Å². The number of benzene rings is 1. The van der Waals surface area contributed by atoms with Gasteiger partial charge in [-0.2, -0.15) is 0 Å². The molecule has 0 N–H and O–H groups in total. The second-order valence-electron chi connectivity index (χ2n) is 5.18. The maximum absolute atomic E-state index is 12.6. The molecule has 0 aliphatic carbocycles. The Morgan fingerprint density at radius 1 is 1.37 bits per heavy atom.